The fourth-order valence-electron chi connectivity index (χ4n) is 2.72. The van der Waals surface area contributed by atoms with Gasteiger partial charge in [-0.2, -0.15) is 5.26 Å². The molecule has 3 rings (SSSR count). The molecule has 5 heteroatoms. The molecule has 0 aliphatic heterocycles. The fraction of sp³-hybridized carbons (Fsp3) is 0.105. The van der Waals surface area contributed by atoms with Gasteiger partial charge in [0.05, 0.1) is 12.1 Å². The van der Waals surface area contributed by atoms with Crippen molar-refractivity contribution in [2.75, 3.05) is 0 Å². The molecular formula is C19H13ClN2O2. The Morgan fingerprint density at radius 3 is 2.38 bits per heavy atom. The molecule has 2 aromatic carbocycles. The third-order valence-electron chi connectivity index (χ3n) is 4.02. The molecule has 24 heavy (non-hydrogen) atoms. The van der Waals surface area contributed by atoms with E-state index in [-0.39, 0.29) is 17.9 Å². The van der Waals surface area contributed by atoms with Crippen molar-refractivity contribution in [1.82, 2.24) is 4.57 Å². The van der Waals surface area contributed by atoms with E-state index in [4.69, 9.17) is 11.6 Å². The molecule has 0 saturated carbocycles. The maximum atomic E-state index is 12.7. The van der Waals surface area contributed by atoms with Gasteiger partial charge in [-0.05, 0) is 37.3 Å². The zero-order chi connectivity index (χ0) is 17.3. The summed E-state index contributed by atoms with van der Waals surface area (Å²) in [6.45, 7) is 1.56. The Morgan fingerprint density at radius 1 is 1.12 bits per heavy atom. The van der Waals surface area contributed by atoms with Gasteiger partial charge >= 0.3 is 0 Å². The summed E-state index contributed by atoms with van der Waals surface area (Å²) in [4.78, 5) is 25.2. The number of carbonyl (C=O) groups is 1. The van der Waals surface area contributed by atoms with Crippen molar-refractivity contribution >= 4 is 28.2 Å². The molecule has 0 N–H and O–H groups in total. The molecule has 0 fully saturated rings. The van der Waals surface area contributed by atoms with E-state index < -0.39 is 0 Å². The standard InChI is InChI=1S/C19H13ClN2O2/c1-12-17(10-21)15-4-2-3-5-16(15)19(24)22(12)11-18(23)13-6-8-14(20)9-7-13/h2-9H,11H2,1H3. The highest BCUT2D eigenvalue weighted by atomic mass is 35.5. The fourth-order valence-corrected chi connectivity index (χ4v) is 2.84. The lowest BCUT2D eigenvalue weighted by atomic mass is 10.0. The number of carbonyl (C=O) groups excluding carboxylic acids is 1. The largest absolute Gasteiger partial charge is 0.303 e. The zero-order valence-corrected chi connectivity index (χ0v) is 13.7. The van der Waals surface area contributed by atoms with E-state index in [2.05, 4.69) is 6.07 Å². The van der Waals surface area contributed by atoms with Crippen molar-refractivity contribution in [2.24, 2.45) is 0 Å². The van der Waals surface area contributed by atoms with Crippen LogP contribution in [0.25, 0.3) is 10.8 Å². The van der Waals surface area contributed by atoms with Crippen LogP contribution < -0.4 is 5.56 Å². The second-order valence-electron chi connectivity index (χ2n) is 5.44. The van der Waals surface area contributed by atoms with Gasteiger partial charge in [0.1, 0.15) is 6.07 Å². The molecule has 3 aromatic rings. The van der Waals surface area contributed by atoms with Crippen molar-refractivity contribution in [3.8, 4) is 6.07 Å². The average molecular weight is 337 g/mol. The van der Waals surface area contributed by atoms with Gasteiger partial charge in [0.25, 0.3) is 5.56 Å². The van der Waals surface area contributed by atoms with Crippen LogP contribution in [0.2, 0.25) is 5.02 Å². The van der Waals surface area contributed by atoms with E-state index in [1.807, 2.05) is 0 Å². The maximum Gasteiger partial charge on any atom is 0.259 e. The molecular weight excluding hydrogens is 324 g/mol. The second kappa shape index (κ2) is 6.31. The van der Waals surface area contributed by atoms with Crippen LogP contribution >= 0.6 is 11.6 Å². The molecule has 1 aromatic heterocycles. The predicted molar refractivity (Wildman–Crippen MR) is 93.4 cm³/mol. The molecule has 0 unspecified atom stereocenters. The number of hydrogen-bond acceptors (Lipinski definition) is 3. The number of halogens is 1. The van der Waals surface area contributed by atoms with Crippen LogP contribution in [-0.4, -0.2) is 10.4 Å². The predicted octanol–water partition coefficient (Wildman–Crippen LogP) is 3.72. The molecule has 118 valence electrons. The number of nitriles is 1. The van der Waals surface area contributed by atoms with Crippen LogP contribution in [-0.2, 0) is 6.54 Å². The summed E-state index contributed by atoms with van der Waals surface area (Å²) in [7, 11) is 0. The van der Waals surface area contributed by atoms with Crippen LogP contribution in [0.15, 0.2) is 53.3 Å². The van der Waals surface area contributed by atoms with Gasteiger partial charge in [0, 0.05) is 27.1 Å². The monoisotopic (exact) mass is 336 g/mol. The van der Waals surface area contributed by atoms with E-state index in [1.54, 1.807) is 55.5 Å². The topological polar surface area (TPSA) is 62.9 Å². The molecule has 1 heterocycles. The Kier molecular flexibility index (Phi) is 4.20. The van der Waals surface area contributed by atoms with Gasteiger partial charge in [-0.15, -0.1) is 0 Å². The summed E-state index contributed by atoms with van der Waals surface area (Å²) >= 11 is 5.83. The molecule has 0 aliphatic rings. The quantitative estimate of drug-likeness (QED) is 0.685. The molecule has 0 aliphatic carbocycles. The van der Waals surface area contributed by atoms with Crippen LogP contribution in [0.3, 0.4) is 0 Å². The first-order chi connectivity index (χ1) is 11.5. The lowest BCUT2D eigenvalue weighted by Gasteiger charge is -2.13. The summed E-state index contributed by atoms with van der Waals surface area (Å²) in [5.74, 6) is -0.212. The minimum absolute atomic E-state index is 0.119. The normalized spacial score (nSPS) is 10.5. The summed E-state index contributed by atoms with van der Waals surface area (Å²) in [6, 6.07) is 15.6. The number of rotatable bonds is 3. The highest BCUT2D eigenvalue weighted by Crippen LogP contribution is 2.19. The summed E-state index contributed by atoms with van der Waals surface area (Å²) < 4.78 is 1.36. The minimum Gasteiger partial charge on any atom is -0.303 e. The number of aromatic nitrogens is 1. The second-order valence-corrected chi connectivity index (χ2v) is 5.88. The number of ketones is 1. The van der Waals surface area contributed by atoms with Gasteiger partial charge in [0.15, 0.2) is 5.78 Å². The number of fused-ring (bicyclic) bond motifs is 1. The van der Waals surface area contributed by atoms with Crippen molar-refractivity contribution in [1.29, 1.82) is 5.26 Å². The van der Waals surface area contributed by atoms with Gasteiger partial charge in [-0.3, -0.25) is 9.59 Å². The molecule has 0 amide bonds. The molecule has 0 atom stereocenters. The number of benzene rings is 2. The van der Waals surface area contributed by atoms with Crippen LogP contribution in [0.5, 0.6) is 0 Å². The summed E-state index contributed by atoms with van der Waals surface area (Å²) in [6.07, 6.45) is 0. The highest BCUT2D eigenvalue weighted by Gasteiger charge is 2.16. The third-order valence-corrected chi connectivity index (χ3v) is 4.27. The van der Waals surface area contributed by atoms with Crippen LogP contribution in [0.1, 0.15) is 21.6 Å². The van der Waals surface area contributed by atoms with Crippen molar-refractivity contribution < 1.29 is 4.79 Å². The van der Waals surface area contributed by atoms with Crippen molar-refractivity contribution in [2.45, 2.75) is 13.5 Å². The molecule has 4 nitrogen and oxygen atoms in total. The Hall–Kier alpha value is -2.90. The van der Waals surface area contributed by atoms with Crippen LogP contribution in [0.4, 0.5) is 0 Å². The highest BCUT2D eigenvalue weighted by molar-refractivity contribution is 6.30. The van der Waals surface area contributed by atoms with E-state index in [9.17, 15) is 14.9 Å². The summed E-state index contributed by atoms with van der Waals surface area (Å²) in [5.41, 5.74) is 1.10. The zero-order valence-electron chi connectivity index (χ0n) is 12.9. The minimum atomic E-state index is -0.274. The molecule has 0 saturated heterocycles. The van der Waals surface area contributed by atoms with Gasteiger partial charge < -0.3 is 4.57 Å². The smallest absolute Gasteiger partial charge is 0.259 e. The molecule has 0 radical (unpaired) electrons. The first-order valence-corrected chi connectivity index (χ1v) is 7.71. The number of pyridine rings is 1. The Bertz CT molecular complexity index is 1040. The van der Waals surface area contributed by atoms with E-state index in [1.165, 1.54) is 4.57 Å². The van der Waals surface area contributed by atoms with Crippen molar-refractivity contribution in [3.05, 3.63) is 80.7 Å². The van der Waals surface area contributed by atoms with Crippen molar-refractivity contribution in [3.63, 3.8) is 0 Å². The number of hydrogen-bond donors (Lipinski definition) is 0. The number of nitrogens with zero attached hydrogens (tertiary/aromatic N) is 2. The van der Waals surface area contributed by atoms with E-state index in [0.717, 1.165) is 0 Å². The SMILES string of the molecule is Cc1c(C#N)c2ccccc2c(=O)n1CC(=O)c1ccc(Cl)cc1. The molecule has 0 spiro atoms. The lowest BCUT2D eigenvalue weighted by molar-refractivity contribution is 0.0970. The third kappa shape index (κ3) is 2.70. The maximum absolute atomic E-state index is 12.7. The van der Waals surface area contributed by atoms with Gasteiger partial charge in [-0.25, -0.2) is 0 Å². The molecule has 0 bridgehead atoms. The Morgan fingerprint density at radius 2 is 1.75 bits per heavy atom. The summed E-state index contributed by atoms with van der Waals surface area (Å²) in [5, 5.41) is 11.0. The van der Waals surface area contributed by atoms with Crippen LogP contribution in [0, 0.1) is 18.3 Å². The Labute approximate surface area is 143 Å². The van der Waals surface area contributed by atoms with E-state index >= 15 is 0 Å². The first kappa shape index (κ1) is 16.0. The lowest BCUT2D eigenvalue weighted by Crippen LogP contribution is -2.27. The Balaban J connectivity index is 2.13. The van der Waals surface area contributed by atoms with Gasteiger partial charge in [-0.1, -0.05) is 29.8 Å². The average Bonchev–Trinajstić information content (AvgIpc) is 2.59. The first-order valence-electron chi connectivity index (χ1n) is 7.34. The number of Topliss-reactive ketones (excluding diaryl/α,β-unsaturated/α-hetero) is 1. The van der Waals surface area contributed by atoms with E-state index in [0.29, 0.717) is 32.6 Å². The van der Waals surface area contributed by atoms with Gasteiger partial charge in [0.2, 0.25) is 0 Å².